The summed E-state index contributed by atoms with van der Waals surface area (Å²) >= 11 is 0. The average Bonchev–Trinajstić information content (AvgIpc) is 3.08. The largest absolute Gasteiger partial charge is 0.322 e. The van der Waals surface area contributed by atoms with Crippen molar-refractivity contribution in [2.24, 2.45) is 7.05 Å². The lowest BCUT2D eigenvalue weighted by molar-refractivity contribution is 0.102. The highest BCUT2D eigenvalue weighted by atomic mass is 32.2. The zero-order chi connectivity index (χ0) is 20.3. The highest BCUT2D eigenvalue weighted by Crippen LogP contribution is 2.19. The molecule has 28 heavy (non-hydrogen) atoms. The molecular weight excluding hydrogens is 380 g/mol. The van der Waals surface area contributed by atoms with Gasteiger partial charge in [0.1, 0.15) is 0 Å². The number of hydrogen-bond acceptors (Lipinski definition) is 6. The predicted octanol–water partition coefficient (Wildman–Crippen LogP) is 2.28. The fourth-order valence-corrected chi connectivity index (χ4v) is 3.05. The van der Waals surface area contributed by atoms with Crippen LogP contribution in [0, 0.1) is 0 Å². The third-order valence-electron chi connectivity index (χ3n) is 4.05. The van der Waals surface area contributed by atoms with E-state index in [2.05, 4.69) is 25.6 Å². The van der Waals surface area contributed by atoms with Crippen LogP contribution in [0.4, 0.5) is 11.4 Å². The van der Waals surface area contributed by atoms with Gasteiger partial charge < -0.3 is 5.32 Å². The van der Waals surface area contributed by atoms with Crippen molar-refractivity contribution in [3.05, 3.63) is 54.1 Å². The van der Waals surface area contributed by atoms with E-state index in [1.165, 1.54) is 0 Å². The number of carbonyl (C=O) groups excluding carboxylic acids is 1. The Kier molecular flexibility index (Phi) is 5.41. The SMILES string of the molecule is CC(C)S(=O)(=O)Nc1ccc(C(=O)Nc2ccc(-c3nnnn3C)cc2)cc1. The lowest BCUT2D eigenvalue weighted by Gasteiger charge is -2.11. The number of nitrogens with one attached hydrogen (secondary N) is 2. The maximum Gasteiger partial charge on any atom is 0.255 e. The van der Waals surface area contributed by atoms with Gasteiger partial charge in [0.05, 0.1) is 5.25 Å². The number of benzene rings is 2. The molecule has 1 heterocycles. The summed E-state index contributed by atoms with van der Waals surface area (Å²) in [5.74, 6) is 0.323. The molecule has 0 aliphatic heterocycles. The van der Waals surface area contributed by atoms with Gasteiger partial charge in [-0.15, -0.1) is 5.10 Å². The molecule has 0 bridgehead atoms. The second kappa shape index (κ2) is 7.77. The molecule has 10 heteroatoms. The normalized spacial score (nSPS) is 11.4. The highest BCUT2D eigenvalue weighted by Gasteiger charge is 2.16. The Hall–Kier alpha value is -3.27. The van der Waals surface area contributed by atoms with Crippen LogP contribution in [-0.2, 0) is 17.1 Å². The minimum absolute atomic E-state index is 0.300. The molecule has 1 amide bonds. The lowest BCUT2D eigenvalue weighted by atomic mass is 10.1. The second-order valence-corrected chi connectivity index (χ2v) is 8.67. The summed E-state index contributed by atoms with van der Waals surface area (Å²) in [6, 6.07) is 13.4. The van der Waals surface area contributed by atoms with E-state index in [1.54, 1.807) is 62.0 Å². The number of anilines is 2. The van der Waals surface area contributed by atoms with Gasteiger partial charge in [-0.05, 0) is 72.8 Å². The van der Waals surface area contributed by atoms with Crippen LogP contribution >= 0.6 is 0 Å². The molecule has 0 saturated carbocycles. The van der Waals surface area contributed by atoms with Gasteiger partial charge in [-0.2, -0.15) is 0 Å². The third kappa shape index (κ3) is 4.34. The maximum atomic E-state index is 12.4. The van der Waals surface area contributed by atoms with Crippen molar-refractivity contribution in [2.45, 2.75) is 19.1 Å². The number of carbonyl (C=O) groups is 1. The highest BCUT2D eigenvalue weighted by molar-refractivity contribution is 7.93. The van der Waals surface area contributed by atoms with Gasteiger partial charge in [-0.1, -0.05) is 0 Å². The lowest BCUT2D eigenvalue weighted by Crippen LogP contribution is -2.22. The first-order chi connectivity index (χ1) is 13.3. The van der Waals surface area contributed by atoms with Gasteiger partial charge >= 0.3 is 0 Å². The number of hydrogen-bond donors (Lipinski definition) is 2. The molecule has 0 fully saturated rings. The van der Waals surface area contributed by atoms with E-state index in [-0.39, 0.29) is 5.91 Å². The molecule has 0 aliphatic rings. The molecule has 2 aromatic carbocycles. The van der Waals surface area contributed by atoms with Crippen LogP contribution in [-0.4, -0.2) is 39.8 Å². The summed E-state index contributed by atoms with van der Waals surface area (Å²) < 4.78 is 27.8. The molecule has 0 radical (unpaired) electrons. The molecular formula is C18H20N6O3S. The van der Waals surface area contributed by atoms with Crippen molar-refractivity contribution in [3.63, 3.8) is 0 Å². The fourth-order valence-electron chi connectivity index (χ4n) is 2.35. The van der Waals surface area contributed by atoms with Crippen molar-refractivity contribution >= 4 is 27.3 Å². The van der Waals surface area contributed by atoms with Gasteiger partial charge in [-0.25, -0.2) is 13.1 Å². The zero-order valence-electron chi connectivity index (χ0n) is 15.6. The first-order valence-corrected chi connectivity index (χ1v) is 10.1. The topological polar surface area (TPSA) is 119 Å². The van der Waals surface area contributed by atoms with E-state index in [9.17, 15) is 13.2 Å². The number of aromatic nitrogens is 4. The van der Waals surface area contributed by atoms with Crippen molar-refractivity contribution in [2.75, 3.05) is 10.0 Å². The average molecular weight is 400 g/mol. The van der Waals surface area contributed by atoms with E-state index in [1.807, 2.05) is 12.1 Å². The summed E-state index contributed by atoms with van der Waals surface area (Å²) in [7, 11) is -1.68. The number of aryl methyl sites for hydroxylation is 1. The molecule has 1 aromatic heterocycles. The van der Waals surface area contributed by atoms with E-state index in [0.717, 1.165) is 5.56 Å². The van der Waals surface area contributed by atoms with Gasteiger partial charge in [0.15, 0.2) is 5.82 Å². The van der Waals surface area contributed by atoms with Crippen LogP contribution in [0.15, 0.2) is 48.5 Å². The molecule has 2 N–H and O–H groups in total. The summed E-state index contributed by atoms with van der Waals surface area (Å²) in [5.41, 5.74) is 2.27. The van der Waals surface area contributed by atoms with Crippen molar-refractivity contribution in [3.8, 4) is 11.4 Å². The molecule has 3 rings (SSSR count). The quantitative estimate of drug-likeness (QED) is 0.655. The summed E-state index contributed by atoms with van der Waals surface area (Å²) in [6.45, 7) is 3.19. The van der Waals surface area contributed by atoms with Crippen molar-refractivity contribution in [1.82, 2.24) is 20.2 Å². The monoisotopic (exact) mass is 400 g/mol. The third-order valence-corrected chi connectivity index (χ3v) is 5.81. The maximum absolute atomic E-state index is 12.4. The van der Waals surface area contributed by atoms with E-state index in [4.69, 9.17) is 0 Å². The van der Waals surface area contributed by atoms with Gasteiger partial charge in [0.25, 0.3) is 5.91 Å². The Bertz CT molecular complexity index is 1070. The minimum Gasteiger partial charge on any atom is -0.322 e. The molecule has 9 nitrogen and oxygen atoms in total. The van der Waals surface area contributed by atoms with Crippen molar-refractivity contribution in [1.29, 1.82) is 0 Å². The van der Waals surface area contributed by atoms with E-state index >= 15 is 0 Å². The molecule has 0 aliphatic carbocycles. The molecule has 146 valence electrons. The van der Waals surface area contributed by atoms with Crippen molar-refractivity contribution < 1.29 is 13.2 Å². The first kappa shape index (κ1) is 19.5. The molecule has 0 saturated heterocycles. The van der Waals surface area contributed by atoms with Gasteiger partial charge in [0.2, 0.25) is 10.0 Å². The van der Waals surface area contributed by atoms with Crippen LogP contribution in [0.1, 0.15) is 24.2 Å². The van der Waals surface area contributed by atoms with Crippen LogP contribution in [0.5, 0.6) is 0 Å². The summed E-state index contributed by atoms with van der Waals surface area (Å²) in [5, 5.41) is 13.6. The molecule has 3 aromatic rings. The van der Waals surface area contributed by atoms with Gasteiger partial charge in [0, 0.05) is 29.5 Å². The minimum atomic E-state index is -3.43. The molecule has 0 atom stereocenters. The summed E-state index contributed by atoms with van der Waals surface area (Å²) in [4.78, 5) is 12.4. The molecule has 0 spiro atoms. The standard InChI is InChI=1S/C18H20N6O3S/c1-12(2)28(26,27)21-16-10-6-14(7-11-16)18(25)19-15-8-4-13(5-9-15)17-20-22-23-24(17)3/h4-12,21H,1-3H3,(H,19,25). The Labute approximate surface area is 162 Å². The zero-order valence-corrected chi connectivity index (χ0v) is 16.4. The number of tetrazole rings is 1. The van der Waals surface area contributed by atoms with Crippen LogP contribution in [0.3, 0.4) is 0 Å². The summed E-state index contributed by atoms with van der Waals surface area (Å²) in [6.07, 6.45) is 0. The predicted molar refractivity (Wildman–Crippen MR) is 106 cm³/mol. The fraction of sp³-hybridized carbons (Fsp3) is 0.222. The Morgan fingerprint density at radius 1 is 1.00 bits per heavy atom. The Morgan fingerprint density at radius 3 is 2.14 bits per heavy atom. The number of sulfonamides is 1. The Morgan fingerprint density at radius 2 is 1.61 bits per heavy atom. The smallest absolute Gasteiger partial charge is 0.255 e. The second-order valence-electron chi connectivity index (χ2n) is 6.43. The van der Waals surface area contributed by atoms with E-state index < -0.39 is 15.3 Å². The first-order valence-electron chi connectivity index (χ1n) is 8.52. The van der Waals surface area contributed by atoms with Crippen LogP contribution < -0.4 is 10.0 Å². The molecule has 0 unspecified atom stereocenters. The number of amides is 1. The van der Waals surface area contributed by atoms with Gasteiger partial charge in [-0.3, -0.25) is 9.52 Å². The van der Waals surface area contributed by atoms with E-state index in [0.29, 0.717) is 22.8 Å². The number of rotatable bonds is 6. The van der Waals surface area contributed by atoms with Crippen LogP contribution in [0.25, 0.3) is 11.4 Å². The number of nitrogens with zero attached hydrogens (tertiary/aromatic N) is 4. The van der Waals surface area contributed by atoms with Crippen LogP contribution in [0.2, 0.25) is 0 Å². The Balaban J connectivity index is 1.67.